The van der Waals surface area contributed by atoms with Crippen LogP contribution in [0.4, 0.5) is 0 Å². The summed E-state index contributed by atoms with van der Waals surface area (Å²) < 4.78 is 2.19. The molecule has 0 amide bonds. The lowest BCUT2D eigenvalue weighted by atomic mass is 10.1. The molecule has 3 aromatic rings. The van der Waals surface area contributed by atoms with Gasteiger partial charge in [-0.05, 0) is 50.1 Å². The minimum Gasteiger partial charge on any atom is -0.323 e. The molecule has 0 radical (unpaired) electrons. The maximum absolute atomic E-state index is 4.40. The van der Waals surface area contributed by atoms with Crippen molar-refractivity contribution in [1.82, 2.24) is 9.55 Å². The SMILES string of the molecule is Cc1cc(C)c(-n2ccc(-c3ccccn3)c2)c(C)c1. The van der Waals surface area contributed by atoms with Gasteiger partial charge in [-0.3, -0.25) is 4.98 Å². The van der Waals surface area contributed by atoms with Crippen LogP contribution in [0.15, 0.2) is 55.0 Å². The molecule has 2 aromatic heterocycles. The van der Waals surface area contributed by atoms with Crippen molar-refractivity contribution >= 4 is 0 Å². The number of rotatable bonds is 2. The number of benzene rings is 1. The Morgan fingerprint density at radius 1 is 0.950 bits per heavy atom. The van der Waals surface area contributed by atoms with Crippen molar-refractivity contribution in [3.05, 3.63) is 71.7 Å². The molecule has 0 unspecified atom stereocenters. The molecule has 2 nitrogen and oxygen atoms in total. The van der Waals surface area contributed by atoms with Crippen LogP contribution in [0.2, 0.25) is 0 Å². The predicted octanol–water partition coefficient (Wildman–Crippen LogP) is 4.46. The topological polar surface area (TPSA) is 17.8 Å². The standard InChI is InChI=1S/C18H18N2/c1-13-10-14(2)18(15(3)11-13)20-9-7-16(12-20)17-6-4-5-8-19-17/h4-12H,1-3H3. The van der Waals surface area contributed by atoms with Gasteiger partial charge in [0, 0.05) is 24.2 Å². The molecule has 2 heteroatoms. The van der Waals surface area contributed by atoms with Crippen molar-refractivity contribution in [3.8, 4) is 16.9 Å². The Kier molecular flexibility index (Phi) is 3.15. The summed E-state index contributed by atoms with van der Waals surface area (Å²) in [6.07, 6.45) is 6.08. The quantitative estimate of drug-likeness (QED) is 0.666. The Labute approximate surface area is 119 Å². The highest BCUT2D eigenvalue weighted by Crippen LogP contribution is 2.24. The first-order valence-corrected chi connectivity index (χ1v) is 6.83. The second kappa shape index (κ2) is 4.97. The van der Waals surface area contributed by atoms with Gasteiger partial charge in [-0.2, -0.15) is 0 Å². The largest absolute Gasteiger partial charge is 0.323 e. The Hall–Kier alpha value is -2.35. The van der Waals surface area contributed by atoms with Gasteiger partial charge in [-0.1, -0.05) is 23.8 Å². The van der Waals surface area contributed by atoms with Gasteiger partial charge in [0.15, 0.2) is 0 Å². The van der Waals surface area contributed by atoms with E-state index in [1.54, 1.807) is 0 Å². The fraction of sp³-hybridized carbons (Fsp3) is 0.167. The first-order chi connectivity index (χ1) is 9.65. The molecule has 0 fully saturated rings. The van der Waals surface area contributed by atoms with Crippen molar-refractivity contribution in [2.24, 2.45) is 0 Å². The summed E-state index contributed by atoms with van der Waals surface area (Å²) >= 11 is 0. The highest BCUT2D eigenvalue weighted by molar-refractivity contribution is 5.60. The van der Waals surface area contributed by atoms with E-state index in [-0.39, 0.29) is 0 Å². The Morgan fingerprint density at radius 2 is 1.70 bits per heavy atom. The van der Waals surface area contributed by atoms with Crippen LogP contribution in [0, 0.1) is 20.8 Å². The lowest BCUT2D eigenvalue weighted by Crippen LogP contribution is -1.98. The molecular weight excluding hydrogens is 244 g/mol. The van der Waals surface area contributed by atoms with Crippen molar-refractivity contribution in [3.63, 3.8) is 0 Å². The molecule has 0 aliphatic heterocycles. The van der Waals surface area contributed by atoms with Gasteiger partial charge < -0.3 is 4.57 Å². The third-order valence-corrected chi connectivity index (χ3v) is 3.55. The van der Waals surface area contributed by atoms with Crippen LogP contribution in [0.25, 0.3) is 16.9 Å². The van der Waals surface area contributed by atoms with Gasteiger partial charge in [-0.25, -0.2) is 0 Å². The second-order valence-electron chi connectivity index (χ2n) is 5.27. The van der Waals surface area contributed by atoms with Crippen molar-refractivity contribution in [1.29, 1.82) is 0 Å². The summed E-state index contributed by atoms with van der Waals surface area (Å²) in [4.78, 5) is 4.40. The predicted molar refractivity (Wildman–Crippen MR) is 83.2 cm³/mol. The molecule has 0 atom stereocenters. The van der Waals surface area contributed by atoms with Gasteiger partial charge in [0.2, 0.25) is 0 Å². The molecule has 0 aliphatic rings. The molecule has 0 aliphatic carbocycles. The zero-order valence-corrected chi connectivity index (χ0v) is 12.1. The smallest absolute Gasteiger partial charge is 0.0717 e. The maximum atomic E-state index is 4.40. The first-order valence-electron chi connectivity index (χ1n) is 6.83. The van der Waals surface area contributed by atoms with E-state index < -0.39 is 0 Å². The van der Waals surface area contributed by atoms with Gasteiger partial charge in [0.1, 0.15) is 0 Å². The Balaban J connectivity index is 2.07. The highest BCUT2D eigenvalue weighted by Gasteiger charge is 2.08. The molecule has 20 heavy (non-hydrogen) atoms. The van der Waals surface area contributed by atoms with E-state index in [2.05, 4.69) is 60.9 Å². The summed E-state index contributed by atoms with van der Waals surface area (Å²) in [5.74, 6) is 0. The molecule has 0 saturated carbocycles. The van der Waals surface area contributed by atoms with Gasteiger partial charge >= 0.3 is 0 Å². The zero-order chi connectivity index (χ0) is 14.1. The summed E-state index contributed by atoms with van der Waals surface area (Å²) in [7, 11) is 0. The fourth-order valence-corrected chi connectivity index (χ4v) is 2.80. The van der Waals surface area contributed by atoms with E-state index >= 15 is 0 Å². The molecule has 0 spiro atoms. The van der Waals surface area contributed by atoms with Crippen LogP contribution < -0.4 is 0 Å². The third-order valence-electron chi connectivity index (χ3n) is 3.55. The summed E-state index contributed by atoms with van der Waals surface area (Å²) in [5, 5.41) is 0. The minimum absolute atomic E-state index is 1.01. The fourth-order valence-electron chi connectivity index (χ4n) is 2.80. The summed E-state index contributed by atoms with van der Waals surface area (Å²) in [5.41, 5.74) is 7.31. The molecular formula is C18H18N2. The van der Waals surface area contributed by atoms with Crippen LogP contribution in [0.1, 0.15) is 16.7 Å². The molecule has 2 heterocycles. The maximum Gasteiger partial charge on any atom is 0.0717 e. The lowest BCUT2D eigenvalue weighted by Gasteiger charge is -2.12. The van der Waals surface area contributed by atoms with E-state index in [1.807, 2.05) is 24.4 Å². The number of hydrogen-bond donors (Lipinski definition) is 0. The number of aromatic nitrogens is 2. The van der Waals surface area contributed by atoms with E-state index in [4.69, 9.17) is 0 Å². The van der Waals surface area contributed by atoms with Crippen molar-refractivity contribution in [2.75, 3.05) is 0 Å². The van der Waals surface area contributed by atoms with Gasteiger partial charge in [0.25, 0.3) is 0 Å². The normalized spacial score (nSPS) is 10.8. The van der Waals surface area contributed by atoms with E-state index in [0.29, 0.717) is 0 Å². The van der Waals surface area contributed by atoms with E-state index in [9.17, 15) is 0 Å². The molecule has 1 aromatic carbocycles. The Bertz CT molecular complexity index is 716. The lowest BCUT2D eigenvalue weighted by molar-refractivity contribution is 1.04. The van der Waals surface area contributed by atoms with E-state index in [0.717, 1.165) is 11.3 Å². The number of aryl methyl sites for hydroxylation is 3. The number of nitrogens with zero attached hydrogens (tertiary/aromatic N) is 2. The molecule has 0 bridgehead atoms. The van der Waals surface area contributed by atoms with Crippen LogP contribution in [0.5, 0.6) is 0 Å². The summed E-state index contributed by atoms with van der Waals surface area (Å²) in [6.45, 7) is 6.46. The third kappa shape index (κ3) is 2.25. The second-order valence-corrected chi connectivity index (χ2v) is 5.27. The molecule has 3 rings (SSSR count). The first kappa shape index (κ1) is 12.7. The highest BCUT2D eigenvalue weighted by atomic mass is 15.0. The molecule has 0 saturated heterocycles. The van der Waals surface area contributed by atoms with Crippen LogP contribution in [-0.2, 0) is 0 Å². The van der Waals surface area contributed by atoms with E-state index in [1.165, 1.54) is 22.4 Å². The number of pyridine rings is 1. The van der Waals surface area contributed by atoms with Crippen LogP contribution >= 0.6 is 0 Å². The van der Waals surface area contributed by atoms with Crippen molar-refractivity contribution < 1.29 is 0 Å². The zero-order valence-electron chi connectivity index (χ0n) is 12.1. The minimum atomic E-state index is 1.01. The van der Waals surface area contributed by atoms with Crippen LogP contribution in [0.3, 0.4) is 0 Å². The average molecular weight is 262 g/mol. The van der Waals surface area contributed by atoms with Gasteiger partial charge in [-0.15, -0.1) is 0 Å². The van der Waals surface area contributed by atoms with Crippen LogP contribution in [-0.4, -0.2) is 9.55 Å². The average Bonchev–Trinajstić information content (AvgIpc) is 2.88. The molecule has 100 valence electrons. The number of hydrogen-bond acceptors (Lipinski definition) is 1. The summed E-state index contributed by atoms with van der Waals surface area (Å²) in [6, 6.07) is 12.6. The Morgan fingerprint density at radius 3 is 2.35 bits per heavy atom. The van der Waals surface area contributed by atoms with Gasteiger partial charge in [0.05, 0.1) is 11.4 Å². The van der Waals surface area contributed by atoms with Crippen molar-refractivity contribution in [2.45, 2.75) is 20.8 Å². The monoisotopic (exact) mass is 262 g/mol. The molecule has 0 N–H and O–H groups in total.